The fourth-order valence-electron chi connectivity index (χ4n) is 6.66. The quantitative estimate of drug-likeness (QED) is 0.400. The largest absolute Gasteiger partial charge is 0.481 e. The maximum atomic E-state index is 11.7. The third-order valence-electron chi connectivity index (χ3n) is 8.98. The molecular weight excluding hydrogens is 521 g/mol. The van der Waals surface area contributed by atoms with Crippen LogP contribution in [-0.4, -0.2) is 57.7 Å². The van der Waals surface area contributed by atoms with E-state index in [1.165, 1.54) is 19.3 Å². The monoisotopic (exact) mass is 559 g/mol. The number of benzene rings is 1. The minimum Gasteiger partial charge on any atom is -0.481 e. The molecule has 1 aromatic heterocycles. The van der Waals surface area contributed by atoms with Gasteiger partial charge in [-0.25, -0.2) is 4.98 Å². The second kappa shape index (κ2) is 10.8. The molecule has 0 amide bonds. The summed E-state index contributed by atoms with van der Waals surface area (Å²) in [6, 6.07) is 6.88. The summed E-state index contributed by atoms with van der Waals surface area (Å²) in [5, 5.41) is 14.3. The molecule has 38 heavy (non-hydrogen) atoms. The van der Waals surface area contributed by atoms with Gasteiger partial charge in [-0.1, -0.05) is 41.8 Å². The van der Waals surface area contributed by atoms with Gasteiger partial charge in [0.2, 0.25) is 5.95 Å². The Morgan fingerprint density at radius 3 is 2.63 bits per heavy atom. The number of likely N-dealkylation sites (tertiary alicyclic amines) is 1. The minimum atomic E-state index is -0.659. The molecule has 3 aliphatic rings. The smallest absolute Gasteiger partial charge is 0.309 e. The fourth-order valence-corrected chi connectivity index (χ4v) is 7.20. The van der Waals surface area contributed by atoms with Gasteiger partial charge in [0.15, 0.2) is 5.82 Å². The third-order valence-corrected chi connectivity index (χ3v) is 9.76. The Morgan fingerprint density at radius 2 is 1.92 bits per heavy atom. The summed E-state index contributed by atoms with van der Waals surface area (Å²) in [6.07, 6.45) is 6.23. The third kappa shape index (κ3) is 5.34. The molecule has 7 nitrogen and oxygen atoms in total. The summed E-state index contributed by atoms with van der Waals surface area (Å²) in [5.41, 5.74) is 2.32. The molecule has 2 saturated heterocycles. The fraction of sp³-hybridized carbons (Fsp3) is 0.621. The number of aliphatic carboxylic acids is 1. The van der Waals surface area contributed by atoms with E-state index in [2.05, 4.69) is 28.1 Å². The van der Waals surface area contributed by atoms with Crippen molar-refractivity contribution in [3.8, 4) is 0 Å². The molecule has 2 aromatic rings. The first kappa shape index (κ1) is 27.5. The Labute approximate surface area is 235 Å². The molecule has 5 rings (SSSR count). The van der Waals surface area contributed by atoms with E-state index in [9.17, 15) is 9.90 Å². The summed E-state index contributed by atoms with van der Waals surface area (Å²) in [5.74, 6) is 1.20. The molecule has 3 fully saturated rings. The number of rotatable bonds is 7. The van der Waals surface area contributed by atoms with Crippen LogP contribution in [0.1, 0.15) is 75.2 Å². The predicted molar refractivity (Wildman–Crippen MR) is 153 cm³/mol. The maximum absolute atomic E-state index is 11.7. The molecule has 2 N–H and O–H groups in total. The van der Waals surface area contributed by atoms with Crippen LogP contribution in [-0.2, 0) is 4.79 Å². The molecular formula is C29H39Cl2N5O2. The van der Waals surface area contributed by atoms with Crippen LogP contribution in [0.25, 0.3) is 0 Å². The second-order valence-electron chi connectivity index (χ2n) is 11.9. The number of carboxylic acids is 1. The lowest BCUT2D eigenvalue weighted by atomic mass is 9.65. The van der Waals surface area contributed by atoms with Crippen LogP contribution in [0.4, 0.5) is 11.8 Å². The number of halogens is 2. The molecule has 0 radical (unpaired) electrons. The van der Waals surface area contributed by atoms with Gasteiger partial charge < -0.3 is 15.3 Å². The SMILES string of the molecule is Cc1ccc([C@@H](C)Nc2nc(N3CCC(C4CCCCN4C4CC(C)(C(=O)O)C4)C3)nc(C)c2Cl)c(Cl)c1. The van der Waals surface area contributed by atoms with Crippen molar-refractivity contribution < 1.29 is 9.90 Å². The van der Waals surface area contributed by atoms with E-state index in [0.717, 1.165) is 60.7 Å². The number of hydrogen-bond donors (Lipinski definition) is 2. The van der Waals surface area contributed by atoms with Crippen LogP contribution in [0, 0.1) is 25.2 Å². The summed E-state index contributed by atoms with van der Waals surface area (Å²) < 4.78 is 0. The number of anilines is 2. The number of carbonyl (C=O) groups is 1. The Morgan fingerprint density at radius 1 is 1.16 bits per heavy atom. The molecule has 2 aliphatic heterocycles. The normalized spacial score (nSPS) is 28.7. The predicted octanol–water partition coefficient (Wildman–Crippen LogP) is 6.51. The lowest BCUT2D eigenvalue weighted by Crippen LogP contribution is -2.58. The van der Waals surface area contributed by atoms with Crippen molar-refractivity contribution in [3.05, 3.63) is 45.1 Å². The van der Waals surface area contributed by atoms with Crippen molar-refractivity contribution in [3.63, 3.8) is 0 Å². The van der Waals surface area contributed by atoms with Gasteiger partial charge in [0.25, 0.3) is 0 Å². The molecule has 0 bridgehead atoms. The number of nitrogens with one attached hydrogen (secondary N) is 1. The Balaban J connectivity index is 1.29. The summed E-state index contributed by atoms with van der Waals surface area (Å²) >= 11 is 13.2. The van der Waals surface area contributed by atoms with Crippen LogP contribution in [0.2, 0.25) is 10.0 Å². The molecule has 3 heterocycles. The van der Waals surface area contributed by atoms with E-state index in [4.69, 9.17) is 33.2 Å². The number of aromatic nitrogens is 2. The van der Waals surface area contributed by atoms with E-state index in [1.807, 2.05) is 32.9 Å². The van der Waals surface area contributed by atoms with E-state index in [1.54, 1.807) is 0 Å². The Kier molecular flexibility index (Phi) is 7.82. The first-order chi connectivity index (χ1) is 18.1. The van der Waals surface area contributed by atoms with Gasteiger partial charge in [0.05, 0.1) is 17.2 Å². The second-order valence-corrected chi connectivity index (χ2v) is 12.7. The van der Waals surface area contributed by atoms with Crippen molar-refractivity contribution >= 4 is 40.9 Å². The van der Waals surface area contributed by atoms with Crippen LogP contribution in [0.15, 0.2) is 18.2 Å². The van der Waals surface area contributed by atoms with Crippen LogP contribution in [0.3, 0.4) is 0 Å². The number of carboxylic acid groups (broad SMARTS) is 1. The standard InChI is InChI=1S/C29H39Cl2N5O2/c1-17-8-9-22(23(30)13-17)18(2)32-26-25(31)19(3)33-28(34-26)35-12-10-20(16-35)24-7-5-6-11-36(24)21-14-29(4,15-21)27(37)38/h8-9,13,18,20-21,24H,5-7,10-12,14-16H2,1-4H3,(H,37,38)(H,32,33,34)/t18-,20?,21?,24?,29?/m1/s1. The van der Waals surface area contributed by atoms with Crippen molar-refractivity contribution in [1.82, 2.24) is 14.9 Å². The lowest BCUT2D eigenvalue weighted by molar-refractivity contribution is -0.159. The van der Waals surface area contributed by atoms with Gasteiger partial charge in [-0.3, -0.25) is 9.69 Å². The minimum absolute atomic E-state index is 0.0659. The highest BCUT2D eigenvalue weighted by Gasteiger charge is 2.51. The highest BCUT2D eigenvalue weighted by molar-refractivity contribution is 6.33. The molecule has 3 atom stereocenters. The van der Waals surface area contributed by atoms with Crippen molar-refractivity contribution in [2.45, 2.75) is 84.3 Å². The molecule has 9 heteroatoms. The zero-order valence-corrected chi connectivity index (χ0v) is 24.3. The molecule has 1 saturated carbocycles. The van der Waals surface area contributed by atoms with E-state index in [-0.39, 0.29) is 6.04 Å². The molecule has 2 unspecified atom stereocenters. The number of nitrogens with zero attached hydrogens (tertiary/aromatic N) is 4. The lowest BCUT2D eigenvalue weighted by Gasteiger charge is -2.52. The van der Waals surface area contributed by atoms with Crippen LogP contribution >= 0.6 is 23.2 Å². The van der Waals surface area contributed by atoms with Crippen LogP contribution < -0.4 is 10.2 Å². The van der Waals surface area contributed by atoms with Gasteiger partial charge >= 0.3 is 5.97 Å². The van der Waals surface area contributed by atoms with E-state index < -0.39 is 11.4 Å². The Bertz CT molecular complexity index is 1200. The zero-order chi connectivity index (χ0) is 27.2. The van der Waals surface area contributed by atoms with E-state index >= 15 is 0 Å². The molecule has 1 aliphatic carbocycles. The van der Waals surface area contributed by atoms with Gasteiger partial charge in [0, 0.05) is 30.2 Å². The van der Waals surface area contributed by atoms with E-state index in [0.29, 0.717) is 34.8 Å². The zero-order valence-electron chi connectivity index (χ0n) is 22.8. The Hall–Kier alpha value is -2.09. The van der Waals surface area contributed by atoms with Crippen molar-refractivity contribution in [2.24, 2.45) is 11.3 Å². The van der Waals surface area contributed by atoms with Gasteiger partial charge in [-0.15, -0.1) is 0 Å². The summed E-state index contributed by atoms with van der Waals surface area (Å²) in [4.78, 5) is 26.2. The highest BCUT2D eigenvalue weighted by Crippen LogP contribution is 2.46. The average Bonchev–Trinajstić information content (AvgIpc) is 3.34. The number of piperidine rings is 1. The first-order valence-corrected chi connectivity index (χ1v) is 14.6. The average molecular weight is 561 g/mol. The number of hydrogen-bond acceptors (Lipinski definition) is 6. The number of aryl methyl sites for hydroxylation is 2. The molecule has 206 valence electrons. The van der Waals surface area contributed by atoms with Crippen LogP contribution in [0.5, 0.6) is 0 Å². The van der Waals surface area contributed by atoms with Gasteiger partial charge in [-0.2, -0.15) is 4.98 Å². The topological polar surface area (TPSA) is 81.6 Å². The summed E-state index contributed by atoms with van der Waals surface area (Å²) in [7, 11) is 0. The maximum Gasteiger partial charge on any atom is 0.309 e. The summed E-state index contributed by atoms with van der Waals surface area (Å²) in [6.45, 7) is 10.8. The van der Waals surface area contributed by atoms with Crippen molar-refractivity contribution in [1.29, 1.82) is 0 Å². The first-order valence-electron chi connectivity index (χ1n) is 13.9. The van der Waals surface area contributed by atoms with Gasteiger partial charge in [-0.05, 0) is 89.5 Å². The van der Waals surface area contributed by atoms with Gasteiger partial charge in [0.1, 0.15) is 5.02 Å². The molecule has 0 spiro atoms. The van der Waals surface area contributed by atoms with Crippen molar-refractivity contribution in [2.75, 3.05) is 29.9 Å². The highest BCUT2D eigenvalue weighted by atomic mass is 35.5. The molecule has 1 aromatic carbocycles.